The van der Waals surface area contributed by atoms with Gasteiger partial charge < -0.3 is 10.6 Å². The van der Waals surface area contributed by atoms with Crippen LogP contribution in [-0.4, -0.2) is 29.8 Å². The molecule has 2 aliphatic rings. The van der Waals surface area contributed by atoms with Gasteiger partial charge in [-0.15, -0.1) is 12.4 Å². The van der Waals surface area contributed by atoms with E-state index in [1.807, 2.05) is 24.3 Å². The SMILES string of the molecule is CC(C)Cc1ccc(C(=O)CCC(=O)NC2CC3CCC(C2)N3)cc1.Cl. The van der Waals surface area contributed by atoms with Crippen molar-refractivity contribution >= 4 is 24.1 Å². The molecule has 2 N–H and O–H groups in total. The summed E-state index contributed by atoms with van der Waals surface area (Å²) < 4.78 is 0. The van der Waals surface area contributed by atoms with E-state index in [2.05, 4.69) is 24.5 Å². The summed E-state index contributed by atoms with van der Waals surface area (Å²) in [4.78, 5) is 24.5. The summed E-state index contributed by atoms with van der Waals surface area (Å²) >= 11 is 0. The van der Waals surface area contributed by atoms with Crippen LogP contribution in [0.1, 0.15) is 68.3 Å². The number of amides is 1. The number of Topliss-reactive ketones (excluding diaryl/α,β-unsaturated/α-hetero) is 1. The molecule has 1 aromatic carbocycles. The second kappa shape index (κ2) is 9.52. The van der Waals surface area contributed by atoms with Crippen molar-refractivity contribution in [1.82, 2.24) is 10.6 Å². The van der Waals surface area contributed by atoms with Crippen LogP contribution in [0.2, 0.25) is 0 Å². The van der Waals surface area contributed by atoms with Crippen molar-refractivity contribution < 1.29 is 9.59 Å². The Balaban J connectivity index is 0.00000243. The van der Waals surface area contributed by atoms with Gasteiger partial charge in [-0.2, -0.15) is 0 Å². The number of carbonyl (C=O) groups excluding carboxylic acids is 2. The first-order chi connectivity index (χ1) is 12.0. The minimum Gasteiger partial charge on any atom is -0.353 e. The molecule has 3 rings (SSSR count). The lowest BCUT2D eigenvalue weighted by Crippen LogP contribution is -2.48. The first-order valence-corrected chi connectivity index (χ1v) is 9.67. The van der Waals surface area contributed by atoms with Crippen LogP contribution in [0.3, 0.4) is 0 Å². The lowest BCUT2D eigenvalue weighted by Gasteiger charge is -2.29. The first-order valence-electron chi connectivity index (χ1n) is 9.67. The van der Waals surface area contributed by atoms with Gasteiger partial charge in [-0.25, -0.2) is 0 Å². The van der Waals surface area contributed by atoms with Crippen molar-refractivity contribution in [2.24, 2.45) is 5.92 Å². The number of halogens is 1. The van der Waals surface area contributed by atoms with Gasteiger partial charge in [0, 0.05) is 36.5 Å². The molecule has 2 saturated heterocycles. The van der Waals surface area contributed by atoms with E-state index in [1.165, 1.54) is 18.4 Å². The molecule has 2 heterocycles. The highest BCUT2D eigenvalue weighted by molar-refractivity contribution is 5.98. The van der Waals surface area contributed by atoms with Gasteiger partial charge in [0.2, 0.25) is 5.91 Å². The molecule has 1 amide bonds. The maximum absolute atomic E-state index is 12.3. The molecule has 4 nitrogen and oxygen atoms in total. The Kier molecular flexibility index (Phi) is 7.66. The molecular formula is C21H31ClN2O2. The van der Waals surface area contributed by atoms with Gasteiger partial charge in [0.15, 0.2) is 5.78 Å². The molecule has 0 radical (unpaired) electrons. The van der Waals surface area contributed by atoms with Crippen LogP contribution in [0, 0.1) is 5.92 Å². The number of piperidine rings is 1. The summed E-state index contributed by atoms with van der Waals surface area (Å²) in [6.45, 7) is 4.37. The number of ketones is 1. The van der Waals surface area contributed by atoms with E-state index in [0.717, 1.165) is 19.3 Å². The molecule has 26 heavy (non-hydrogen) atoms. The highest BCUT2D eigenvalue weighted by atomic mass is 35.5. The number of benzene rings is 1. The lowest BCUT2D eigenvalue weighted by atomic mass is 9.98. The van der Waals surface area contributed by atoms with Gasteiger partial charge in [-0.1, -0.05) is 38.1 Å². The fraction of sp³-hybridized carbons (Fsp3) is 0.619. The summed E-state index contributed by atoms with van der Waals surface area (Å²) in [5.74, 6) is 0.670. The predicted molar refractivity (Wildman–Crippen MR) is 107 cm³/mol. The average Bonchev–Trinajstić information content (AvgIpc) is 2.91. The van der Waals surface area contributed by atoms with Gasteiger partial charge in [0.1, 0.15) is 0 Å². The fourth-order valence-electron chi connectivity index (χ4n) is 4.14. The molecule has 0 aromatic heterocycles. The predicted octanol–water partition coefficient (Wildman–Crippen LogP) is 3.67. The third kappa shape index (κ3) is 5.82. The largest absolute Gasteiger partial charge is 0.353 e. The van der Waals surface area contributed by atoms with E-state index >= 15 is 0 Å². The minimum atomic E-state index is 0. The lowest BCUT2D eigenvalue weighted by molar-refractivity contribution is -0.122. The van der Waals surface area contributed by atoms with Crippen LogP contribution < -0.4 is 10.6 Å². The van der Waals surface area contributed by atoms with E-state index in [4.69, 9.17) is 0 Å². The summed E-state index contributed by atoms with van der Waals surface area (Å²) in [6, 6.07) is 9.24. The topological polar surface area (TPSA) is 58.2 Å². The first kappa shape index (κ1) is 20.9. The molecule has 2 bridgehead atoms. The molecule has 5 heteroatoms. The Morgan fingerprint density at radius 2 is 1.69 bits per heavy atom. The third-order valence-electron chi connectivity index (χ3n) is 5.34. The smallest absolute Gasteiger partial charge is 0.220 e. The molecule has 144 valence electrons. The minimum absolute atomic E-state index is 0. The zero-order valence-electron chi connectivity index (χ0n) is 15.8. The zero-order valence-corrected chi connectivity index (χ0v) is 16.6. The second-order valence-electron chi connectivity index (χ2n) is 8.09. The van der Waals surface area contributed by atoms with E-state index in [-0.39, 0.29) is 43.0 Å². The van der Waals surface area contributed by atoms with Gasteiger partial charge in [-0.05, 0) is 43.6 Å². The highest BCUT2D eigenvalue weighted by Gasteiger charge is 2.33. The Labute approximate surface area is 162 Å². The number of hydrogen-bond acceptors (Lipinski definition) is 3. The van der Waals surface area contributed by atoms with Crippen LogP contribution in [0.4, 0.5) is 0 Å². The summed E-state index contributed by atoms with van der Waals surface area (Å²) in [5, 5.41) is 6.70. The Hall–Kier alpha value is -1.39. The van der Waals surface area contributed by atoms with Gasteiger partial charge >= 0.3 is 0 Å². The molecular weight excluding hydrogens is 348 g/mol. The molecule has 2 unspecified atom stereocenters. The number of rotatable bonds is 7. The zero-order chi connectivity index (χ0) is 17.8. The average molecular weight is 379 g/mol. The Morgan fingerprint density at radius 1 is 1.08 bits per heavy atom. The van der Waals surface area contributed by atoms with E-state index in [0.29, 0.717) is 23.6 Å². The maximum Gasteiger partial charge on any atom is 0.220 e. The summed E-state index contributed by atoms with van der Waals surface area (Å²) in [5.41, 5.74) is 1.96. The number of fused-ring (bicyclic) bond motifs is 2. The quantitative estimate of drug-likeness (QED) is 0.712. The van der Waals surface area contributed by atoms with Crippen LogP contribution >= 0.6 is 12.4 Å². The van der Waals surface area contributed by atoms with Crippen LogP contribution in [0.5, 0.6) is 0 Å². The standard InChI is InChI=1S/C21H30N2O2.ClH/c1-14(2)11-15-3-5-16(6-4-15)20(24)9-10-21(25)23-19-12-17-7-8-18(13-19)22-17;/h3-6,14,17-19,22H,7-13H2,1-2H3,(H,23,25);1H. The maximum atomic E-state index is 12.3. The van der Waals surface area contributed by atoms with Gasteiger partial charge in [-0.3, -0.25) is 9.59 Å². The number of carbonyl (C=O) groups is 2. The van der Waals surface area contributed by atoms with Crippen molar-refractivity contribution in [2.45, 2.75) is 76.9 Å². The molecule has 0 aliphatic carbocycles. The van der Waals surface area contributed by atoms with Gasteiger partial charge in [0.05, 0.1) is 0 Å². The van der Waals surface area contributed by atoms with Gasteiger partial charge in [0.25, 0.3) is 0 Å². The highest BCUT2D eigenvalue weighted by Crippen LogP contribution is 2.26. The summed E-state index contributed by atoms with van der Waals surface area (Å²) in [6.07, 6.45) is 6.08. The Morgan fingerprint density at radius 3 is 2.27 bits per heavy atom. The molecule has 0 spiro atoms. The van der Waals surface area contributed by atoms with E-state index in [9.17, 15) is 9.59 Å². The number of nitrogens with one attached hydrogen (secondary N) is 2. The summed E-state index contributed by atoms with van der Waals surface area (Å²) in [7, 11) is 0. The number of hydrogen-bond donors (Lipinski definition) is 2. The van der Waals surface area contributed by atoms with Crippen molar-refractivity contribution in [3.05, 3.63) is 35.4 Å². The molecule has 1 aromatic rings. The van der Waals surface area contributed by atoms with E-state index in [1.54, 1.807) is 0 Å². The molecule has 2 fully saturated rings. The normalized spacial score (nSPS) is 24.2. The van der Waals surface area contributed by atoms with Crippen molar-refractivity contribution in [2.75, 3.05) is 0 Å². The monoisotopic (exact) mass is 378 g/mol. The fourth-order valence-corrected chi connectivity index (χ4v) is 4.14. The van der Waals surface area contributed by atoms with E-state index < -0.39 is 0 Å². The molecule has 0 saturated carbocycles. The molecule has 2 atom stereocenters. The van der Waals surface area contributed by atoms with Crippen LogP contribution in [0.15, 0.2) is 24.3 Å². The van der Waals surface area contributed by atoms with Crippen molar-refractivity contribution in [3.63, 3.8) is 0 Å². The van der Waals surface area contributed by atoms with Crippen molar-refractivity contribution in [3.8, 4) is 0 Å². The van der Waals surface area contributed by atoms with Crippen LogP contribution in [0.25, 0.3) is 0 Å². The third-order valence-corrected chi connectivity index (χ3v) is 5.34. The molecule has 2 aliphatic heterocycles. The second-order valence-corrected chi connectivity index (χ2v) is 8.09. The van der Waals surface area contributed by atoms with Crippen molar-refractivity contribution in [1.29, 1.82) is 0 Å². The Bertz CT molecular complexity index is 603. The van der Waals surface area contributed by atoms with Crippen LogP contribution in [-0.2, 0) is 11.2 Å².